The molecule has 6 heteroatoms. The van der Waals surface area contributed by atoms with Gasteiger partial charge in [0.05, 0.1) is 12.7 Å². The zero-order chi connectivity index (χ0) is 33.8. The molecule has 0 amide bonds. The number of unbranched alkanes of at least 4 members (excludes halogenated alkanes) is 17. The van der Waals surface area contributed by atoms with Gasteiger partial charge in [0.2, 0.25) is 0 Å². The Kier molecular flexibility index (Phi) is 34.0. The van der Waals surface area contributed by atoms with E-state index in [0.29, 0.717) is 25.7 Å². The van der Waals surface area contributed by atoms with Crippen LogP contribution in [-0.4, -0.2) is 47.6 Å². The van der Waals surface area contributed by atoms with Crippen molar-refractivity contribution in [3.05, 3.63) is 48.6 Å². The molecular weight excluding hydrogens is 576 g/mol. The van der Waals surface area contributed by atoms with Gasteiger partial charge in [-0.2, -0.15) is 0 Å². The molecule has 2 N–H and O–H groups in total. The van der Waals surface area contributed by atoms with E-state index in [2.05, 4.69) is 32.1 Å². The maximum atomic E-state index is 12.1. The van der Waals surface area contributed by atoms with Gasteiger partial charge < -0.3 is 19.7 Å². The molecule has 0 aliphatic rings. The molecule has 0 radical (unpaired) electrons. The largest absolute Gasteiger partial charge is 0.462 e. The summed E-state index contributed by atoms with van der Waals surface area (Å²) in [5, 5.41) is 19.6. The fourth-order valence-electron chi connectivity index (χ4n) is 5.04. The van der Waals surface area contributed by atoms with Crippen molar-refractivity contribution in [3.8, 4) is 0 Å². The van der Waals surface area contributed by atoms with Crippen molar-refractivity contribution in [2.45, 2.75) is 180 Å². The standard InChI is InChI=1S/C40H70O6/c1-3-5-7-9-11-13-14-15-16-17-19-21-25-30-34-40(44)46-38(35-41)36-45-39(43)33-29-26-22-24-28-32-37(42)31-27-23-20-18-12-10-8-6-4-2/h12,18,22-24,27-28,32,37-38,41-42H,3-11,13-17,19-21,25-26,29-31,33-36H2,1-2H3/b18-12-,24-22+,27-23-,32-28-/t37?,38-/m0/s1. The van der Waals surface area contributed by atoms with E-state index < -0.39 is 12.2 Å². The SMILES string of the molecule is CCCCC/C=C\C/C=C\CC(O)/C=C\C=C\CCCC(=O)OC[C@H](CO)OC(=O)CCCCCCCCCCCCCCCC. The zero-order valence-electron chi connectivity index (χ0n) is 29.7. The van der Waals surface area contributed by atoms with E-state index in [-0.39, 0.29) is 31.6 Å². The number of allylic oxidation sites excluding steroid dienone is 6. The second-order valence-corrected chi connectivity index (χ2v) is 12.5. The minimum atomic E-state index is -0.818. The Morgan fingerprint density at radius 1 is 0.609 bits per heavy atom. The topological polar surface area (TPSA) is 93.1 Å². The van der Waals surface area contributed by atoms with E-state index in [0.717, 1.165) is 32.1 Å². The second-order valence-electron chi connectivity index (χ2n) is 12.5. The quantitative estimate of drug-likeness (QED) is 0.0319. The maximum Gasteiger partial charge on any atom is 0.306 e. The lowest BCUT2D eigenvalue weighted by Gasteiger charge is -2.15. The van der Waals surface area contributed by atoms with Crippen LogP contribution < -0.4 is 0 Å². The van der Waals surface area contributed by atoms with Gasteiger partial charge in [0.15, 0.2) is 6.10 Å². The van der Waals surface area contributed by atoms with Gasteiger partial charge in [-0.25, -0.2) is 0 Å². The number of carbonyl (C=O) groups excluding carboxylic acids is 2. The first-order chi connectivity index (χ1) is 22.5. The molecule has 0 rings (SSSR count). The smallest absolute Gasteiger partial charge is 0.306 e. The molecule has 0 fully saturated rings. The lowest BCUT2D eigenvalue weighted by molar-refractivity contribution is -0.161. The maximum absolute atomic E-state index is 12.1. The Morgan fingerprint density at radius 2 is 1.15 bits per heavy atom. The van der Waals surface area contributed by atoms with Gasteiger partial charge in [-0.3, -0.25) is 9.59 Å². The molecule has 6 nitrogen and oxygen atoms in total. The summed E-state index contributed by atoms with van der Waals surface area (Å²) >= 11 is 0. The molecule has 0 aliphatic heterocycles. The Balaban J connectivity index is 3.76. The number of hydrogen-bond donors (Lipinski definition) is 2. The zero-order valence-corrected chi connectivity index (χ0v) is 29.7. The molecule has 46 heavy (non-hydrogen) atoms. The normalized spacial score (nSPS) is 13.4. The monoisotopic (exact) mass is 647 g/mol. The summed E-state index contributed by atoms with van der Waals surface area (Å²) in [6.07, 6.45) is 40.5. The third kappa shape index (κ3) is 33.2. The fraction of sp³-hybridized carbons (Fsp3) is 0.750. The summed E-state index contributed by atoms with van der Waals surface area (Å²) in [6, 6.07) is 0. The van der Waals surface area contributed by atoms with Crippen molar-refractivity contribution >= 4 is 11.9 Å². The van der Waals surface area contributed by atoms with E-state index in [4.69, 9.17) is 9.47 Å². The van der Waals surface area contributed by atoms with Crippen LogP contribution in [0.3, 0.4) is 0 Å². The van der Waals surface area contributed by atoms with Crippen molar-refractivity contribution in [2.24, 2.45) is 0 Å². The number of rotatable bonds is 33. The first-order valence-electron chi connectivity index (χ1n) is 18.8. The van der Waals surface area contributed by atoms with E-state index in [9.17, 15) is 19.8 Å². The van der Waals surface area contributed by atoms with Crippen LogP contribution in [0.5, 0.6) is 0 Å². The van der Waals surface area contributed by atoms with Crippen LogP contribution >= 0.6 is 0 Å². The Bertz CT molecular complexity index is 800. The van der Waals surface area contributed by atoms with Gasteiger partial charge in [0, 0.05) is 12.8 Å². The molecular formula is C40H70O6. The number of aliphatic hydroxyl groups is 2. The molecule has 0 aromatic heterocycles. The molecule has 0 spiro atoms. The minimum absolute atomic E-state index is 0.125. The highest BCUT2D eigenvalue weighted by molar-refractivity contribution is 5.70. The molecule has 0 aliphatic carbocycles. The minimum Gasteiger partial charge on any atom is -0.462 e. The molecule has 266 valence electrons. The van der Waals surface area contributed by atoms with Crippen molar-refractivity contribution < 1.29 is 29.3 Å². The van der Waals surface area contributed by atoms with E-state index in [1.54, 1.807) is 6.08 Å². The van der Waals surface area contributed by atoms with Crippen LogP contribution in [0.4, 0.5) is 0 Å². The molecule has 0 aromatic carbocycles. The van der Waals surface area contributed by atoms with Gasteiger partial charge in [0.1, 0.15) is 6.61 Å². The highest BCUT2D eigenvalue weighted by Crippen LogP contribution is 2.14. The summed E-state index contributed by atoms with van der Waals surface area (Å²) < 4.78 is 10.5. The highest BCUT2D eigenvalue weighted by atomic mass is 16.6. The summed E-state index contributed by atoms with van der Waals surface area (Å²) in [5.74, 6) is -0.720. The third-order valence-electron chi connectivity index (χ3n) is 7.96. The molecule has 0 saturated heterocycles. The summed E-state index contributed by atoms with van der Waals surface area (Å²) in [6.45, 7) is 3.97. The average Bonchev–Trinajstić information content (AvgIpc) is 3.05. The summed E-state index contributed by atoms with van der Waals surface area (Å²) in [4.78, 5) is 24.2. The lowest BCUT2D eigenvalue weighted by atomic mass is 10.0. The van der Waals surface area contributed by atoms with Crippen LogP contribution in [0.2, 0.25) is 0 Å². The van der Waals surface area contributed by atoms with Crippen molar-refractivity contribution in [1.82, 2.24) is 0 Å². The van der Waals surface area contributed by atoms with Gasteiger partial charge in [0.25, 0.3) is 0 Å². The highest BCUT2D eigenvalue weighted by Gasteiger charge is 2.16. The third-order valence-corrected chi connectivity index (χ3v) is 7.96. The van der Waals surface area contributed by atoms with Crippen LogP contribution in [0.1, 0.15) is 168 Å². The van der Waals surface area contributed by atoms with E-state index in [1.807, 2.05) is 24.3 Å². The van der Waals surface area contributed by atoms with Crippen molar-refractivity contribution in [1.29, 1.82) is 0 Å². The molecule has 2 atom stereocenters. The Morgan fingerprint density at radius 3 is 1.78 bits per heavy atom. The predicted octanol–water partition coefficient (Wildman–Crippen LogP) is 10.4. The van der Waals surface area contributed by atoms with Crippen LogP contribution in [0.25, 0.3) is 0 Å². The Labute approximate surface area is 282 Å². The molecule has 0 saturated carbocycles. The first-order valence-corrected chi connectivity index (χ1v) is 18.8. The number of aliphatic hydroxyl groups excluding tert-OH is 2. The molecule has 1 unspecified atom stereocenters. The second kappa shape index (κ2) is 35.7. The van der Waals surface area contributed by atoms with Crippen molar-refractivity contribution in [2.75, 3.05) is 13.2 Å². The van der Waals surface area contributed by atoms with Crippen molar-refractivity contribution in [3.63, 3.8) is 0 Å². The van der Waals surface area contributed by atoms with Crippen LogP contribution in [-0.2, 0) is 19.1 Å². The first kappa shape index (κ1) is 43.8. The molecule has 0 aromatic rings. The van der Waals surface area contributed by atoms with E-state index >= 15 is 0 Å². The summed E-state index contributed by atoms with van der Waals surface area (Å²) in [7, 11) is 0. The molecule has 0 heterocycles. The summed E-state index contributed by atoms with van der Waals surface area (Å²) in [5.41, 5.74) is 0. The Hall–Kier alpha value is -2.18. The fourth-order valence-corrected chi connectivity index (χ4v) is 5.04. The van der Waals surface area contributed by atoms with Crippen LogP contribution in [0.15, 0.2) is 48.6 Å². The number of esters is 2. The number of carbonyl (C=O) groups is 2. The van der Waals surface area contributed by atoms with E-state index in [1.165, 1.54) is 89.9 Å². The van der Waals surface area contributed by atoms with Gasteiger partial charge >= 0.3 is 11.9 Å². The number of ether oxygens (including phenoxy) is 2. The van der Waals surface area contributed by atoms with Gasteiger partial charge in [-0.05, 0) is 44.9 Å². The lowest BCUT2D eigenvalue weighted by Crippen LogP contribution is -2.28. The van der Waals surface area contributed by atoms with Gasteiger partial charge in [-0.1, -0.05) is 159 Å². The average molecular weight is 647 g/mol. The van der Waals surface area contributed by atoms with Gasteiger partial charge in [-0.15, -0.1) is 0 Å². The predicted molar refractivity (Wildman–Crippen MR) is 193 cm³/mol. The molecule has 0 bridgehead atoms. The van der Waals surface area contributed by atoms with Crippen LogP contribution in [0, 0.1) is 0 Å². The number of hydrogen-bond acceptors (Lipinski definition) is 6.